The van der Waals surface area contributed by atoms with Crippen LogP contribution in [0.5, 0.6) is 5.75 Å². The van der Waals surface area contributed by atoms with Gasteiger partial charge in [-0.3, -0.25) is 4.79 Å². The lowest BCUT2D eigenvalue weighted by Gasteiger charge is -2.28. The Morgan fingerprint density at radius 1 is 1.24 bits per heavy atom. The Kier molecular flexibility index (Phi) is 8.90. The van der Waals surface area contributed by atoms with Crippen LogP contribution in [0.2, 0.25) is 0 Å². The van der Waals surface area contributed by atoms with Crippen LogP contribution < -0.4 is 15.4 Å². The van der Waals surface area contributed by atoms with E-state index < -0.39 is 47.7 Å². The van der Waals surface area contributed by atoms with E-state index in [0.29, 0.717) is 22.9 Å². The molecule has 2 unspecified atom stereocenters. The molecule has 1 aromatic heterocycles. The van der Waals surface area contributed by atoms with Gasteiger partial charge in [0.05, 0.1) is 62.3 Å². The Morgan fingerprint density at radius 3 is 2.59 bits per heavy atom. The predicted octanol–water partition coefficient (Wildman–Crippen LogP) is 2.84. The summed E-state index contributed by atoms with van der Waals surface area (Å²) in [6.07, 6.45) is -5.26. The van der Waals surface area contributed by atoms with Gasteiger partial charge in [-0.25, -0.2) is 9.78 Å². The molecule has 0 radical (unpaired) electrons. The summed E-state index contributed by atoms with van der Waals surface area (Å²) in [7, 11) is 2.62. The smallest absolute Gasteiger partial charge is 0.419 e. The number of halogens is 3. The molecule has 1 amide bonds. The Bertz CT molecular complexity index is 1180. The highest BCUT2D eigenvalue weighted by molar-refractivity contribution is 5.94. The van der Waals surface area contributed by atoms with E-state index in [9.17, 15) is 22.8 Å². The maximum absolute atomic E-state index is 13.9. The van der Waals surface area contributed by atoms with Crippen LogP contribution in [0.3, 0.4) is 0 Å². The van der Waals surface area contributed by atoms with Crippen LogP contribution in [0.4, 0.5) is 19.0 Å². The zero-order chi connectivity index (χ0) is 27.2. The number of anilines is 1. The molecule has 1 aliphatic heterocycles. The van der Waals surface area contributed by atoms with E-state index in [1.54, 1.807) is 13.0 Å². The molecule has 2 heterocycles. The van der Waals surface area contributed by atoms with Crippen molar-refractivity contribution >= 4 is 17.7 Å². The molecule has 198 valence electrons. The predicted molar refractivity (Wildman–Crippen MR) is 123 cm³/mol. The number of hydrogen-bond acceptors (Lipinski definition) is 9. The number of alkyl halides is 3. The lowest BCUT2D eigenvalue weighted by Crippen LogP contribution is -2.45. The number of benzene rings is 1. The number of aromatic nitrogens is 1. The third kappa shape index (κ3) is 6.87. The van der Waals surface area contributed by atoms with Crippen LogP contribution in [0, 0.1) is 11.3 Å². The summed E-state index contributed by atoms with van der Waals surface area (Å²) in [4.78, 5) is 27.8. The summed E-state index contributed by atoms with van der Waals surface area (Å²) >= 11 is 0. The molecule has 2 N–H and O–H groups in total. The molecule has 3 rings (SSSR count). The van der Waals surface area contributed by atoms with E-state index >= 15 is 0 Å². The number of methoxy groups -OCH3 is 2. The molecule has 37 heavy (non-hydrogen) atoms. The van der Waals surface area contributed by atoms with Gasteiger partial charge in [-0.15, -0.1) is 0 Å². The molecule has 0 bridgehead atoms. The fourth-order valence-corrected chi connectivity index (χ4v) is 3.58. The first-order valence-corrected chi connectivity index (χ1v) is 11.1. The minimum atomic E-state index is -4.81. The quantitative estimate of drug-likeness (QED) is 0.503. The summed E-state index contributed by atoms with van der Waals surface area (Å²) in [6, 6.07) is 6.56. The van der Waals surface area contributed by atoms with E-state index in [-0.39, 0.29) is 25.3 Å². The second kappa shape index (κ2) is 11.9. The summed E-state index contributed by atoms with van der Waals surface area (Å²) in [5.74, 6) is -1.48. The largest absolute Gasteiger partial charge is 0.496 e. The third-order valence-electron chi connectivity index (χ3n) is 5.55. The van der Waals surface area contributed by atoms with Gasteiger partial charge in [0.25, 0.3) is 5.91 Å². The molecule has 0 saturated carbocycles. The van der Waals surface area contributed by atoms with Crippen molar-refractivity contribution in [2.75, 3.05) is 39.3 Å². The highest BCUT2D eigenvalue weighted by Crippen LogP contribution is 2.36. The molecule has 2 aromatic rings. The molecule has 1 fully saturated rings. The SMILES string of the molecule is COC(=O)C1COC(CNC(=O)c2cnc(N[C@@H](C)c3cc(C#N)ccc3OC)c(C(F)(F)F)c2)CO1. The van der Waals surface area contributed by atoms with Gasteiger partial charge in [0.1, 0.15) is 11.6 Å². The molecule has 0 spiro atoms. The molecule has 1 aromatic carbocycles. The van der Waals surface area contributed by atoms with Crippen LogP contribution in [0.15, 0.2) is 30.5 Å². The van der Waals surface area contributed by atoms with Gasteiger partial charge in [-0.2, -0.15) is 18.4 Å². The number of nitrogens with one attached hydrogen (secondary N) is 2. The van der Waals surface area contributed by atoms with Crippen molar-refractivity contribution in [3.05, 3.63) is 52.7 Å². The van der Waals surface area contributed by atoms with Crippen LogP contribution in [-0.4, -0.2) is 63.0 Å². The summed E-state index contributed by atoms with van der Waals surface area (Å²) in [5.41, 5.74) is -0.671. The van der Waals surface area contributed by atoms with E-state index in [4.69, 9.17) is 19.5 Å². The van der Waals surface area contributed by atoms with Crippen molar-refractivity contribution in [1.82, 2.24) is 10.3 Å². The summed E-state index contributed by atoms with van der Waals surface area (Å²) in [5, 5.41) is 14.3. The highest BCUT2D eigenvalue weighted by Gasteiger charge is 2.36. The Labute approximate surface area is 210 Å². The maximum Gasteiger partial charge on any atom is 0.419 e. The van der Waals surface area contributed by atoms with Crippen molar-refractivity contribution in [3.8, 4) is 11.8 Å². The van der Waals surface area contributed by atoms with Crippen molar-refractivity contribution in [2.24, 2.45) is 0 Å². The van der Waals surface area contributed by atoms with Gasteiger partial charge in [0, 0.05) is 18.3 Å². The van der Waals surface area contributed by atoms with Gasteiger partial charge in [-0.05, 0) is 31.2 Å². The second-order valence-corrected chi connectivity index (χ2v) is 8.06. The van der Waals surface area contributed by atoms with E-state index in [2.05, 4.69) is 20.4 Å². The molecule has 13 heteroatoms. The van der Waals surface area contributed by atoms with Crippen LogP contribution >= 0.6 is 0 Å². The van der Waals surface area contributed by atoms with E-state index in [0.717, 1.165) is 6.20 Å². The van der Waals surface area contributed by atoms with Crippen LogP contribution in [-0.2, 0) is 25.2 Å². The minimum Gasteiger partial charge on any atom is -0.496 e. The van der Waals surface area contributed by atoms with Crippen molar-refractivity contribution < 1.29 is 41.7 Å². The number of nitrogens with zero attached hydrogens (tertiary/aromatic N) is 2. The minimum absolute atomic E-state index is 0.0106. The lowest BCUT2D eigenvalue weighted by molar-refractivity contribution is -0.177. The average molecular weight is 522 g/mol. The summed E-state index contributed by atoms with van der Waals surface area (Å²) < 4.78 is 62.2. The normalized spacial score (nSPS) is 18.3. The number of carbonyl (C=O) groups is 2. The summed E-state index contributed by atoms with van der Waals surface area (Å²) in [6.45, 7) is 1.45. The first kappa shape index (κ1) is 27.7. The van der Waals surface area contributed by atoms with Gasteiger partial charge in [-0.1, -0.05) is 0 Å². The molecule has 1 aliphatic rings. The van der Waals surface area contributed by atoms with Gasteiger partial charge < -0.3 is 29.6 Å². The molecule has 1 saturated heterocycles. The first-order chi connectivity index (χ1) is 17.6. The zero-order valence-corrected chi connectivity index (χ0v) is 20.2. The number of rotatable bonds is 8. The number of amides is 1. The van der Waals surface area contributed by atoms with E-state index in [1.807, 2.05) is 6.07 Å². The standard InChI is InChI=1S/C24H25F3N4O6/c1-13(17-6-14(8-28)4-5-19(17)34-2)31-21-18(24(25,26)27)7-15(9-29-21)22(32)30-10-16-11-37-20(12-36-16)23(33)35-3/h4-7,9,13,16,20H,10-12H2,1-3H3,(H,29,31)(H,30,32)/t13-,16?,20?/m0/s1. The topological polar surface area (TPSA) is 132 Å². The zero-order valence-electron chi connectivity index (χ0n) is 20.2. The van der Waals surface area contributed by atoms with Crippen molar-refractivity contribution in [1.29, 1.82) is 5.26 Å². The molecule has 0 aliphatic carbocycles. The number of esters is 1. The van der Waals surface area contributed by atoms with E-state index in [1.165, 1.54) is 26.4 Å². The second-order valence-electron chi connectivity index (χ2n) is 8.06. The Balaban J connectivity index is 1.72. The highest BCUT2D eigenvalue weighted by atomic mass is 19.4. The van der Waals surface area contributed by atoms with Crippen molar-refractivity contribution in [3.63, 3.8) is 0 Å². The monoisotopic (exact) mass is 522 g/mol. The Morgan fingerprint density at radius 2 is 2.00 bits per heavy atom. The number of nitriles is 1. The first-order valence-electron chi connectivity index (χ1n) is 11.1. The number of carbonyl (C=O) groups excluding carboxylic acids is 2. The molecule has 3 atom stereocenters. The van der Waals surface area contributed by atoms with Gasteiger partial charge in [0.15, 0.2) is 6.10 Å². The van der Waals surface area contributed by atoms with Gasteiger partial charge >= 0.3 is 12.1 Å². The number of ether oxygens (including phenoxy) is 4. The Hall–Kier alpha value is -3.89. The fourth-order valence-electron chi connectivity index (χ4n) is 3.58. The van der Waals surface area contributed by atoms with Crippen LogP contribution in [0.25, 0.3) is 0 Å². The molecule has 10 nitrogen and oxygen atoms in total. The third-order valence-corrected chi connectivity index (χ3v) is 5.55. The van der Waals surface area contributed by atoms with Crippen molar-refractivity contribution in [2.45, 2.75) is 31.3 Å². The van der Waals surface area contributed by atoms with Crippen LogP contribution in [0.1, 0.15) is 40.0 Å². The average Bonchev–Trinajstić information content (AvgIpc) is 2.90. The number of hydrogen-bond donors (Lipinski definition) is 2. The molecular formula is C24H25F3N4O6. The van der Waals surface area contributed by atoms with Gasteiger partial charge in [0.2, 0.25) is 0 Å². The maximum atomic E-state index is 13.9. The number of pyridine rings is 1. The molecular weight excluding hydrogens is 497 g/mol. The fraction of sp³-hybridized carbons (Fsp3) is 0.417. The lowest BCUT2D eigenvalue weighted by atomic mass is 10.0.